The minimum absolute atomic E-state index is 0.215. The van der Waals surface area contributed by atoms with Gasteiger partial charge in [0.25, 0.3) is 5.91 Å². The number of benzene rings is 2. The van der Waals surface area contributed by atoms with Crippen LogP contribution in [0.3, 0.4) is 0 Å². The maximum Gasteiger partial charge on any atom is 0.281 e. The van der Waals surface area contributed by atoms with Crippen LogP contribution in [0, 0.1) is 0 Å². The second-order valence-corrected chi connectivity index (χ2v) is 6.33. The van der Waals surface area contributed by atoms with E-state index in [0.717, 1.165) is 16.5 Å². The molecule has 3 aromatic rings. The van der Waals surface area contributed by atoms with E-state index in [1.54, 1.807) is 6.20 Å². The van der Waals surface area contributed by atoms with Gasteiger partial charge in [0, 0.05) is 11.6 Å². The summed E-state index contributed by atoms with van der Waals surface area (Å²) in [5.41, 5.74) is 2.82. The fraction of sp³-hybridized carbons (Fsp3) is 0.0952. The zero-order valence-electron chi connectivity index (χ0n) is 14.7. The molecule has 0 aliphatic carbocycles. The second kappa shape index (κ2) is 7.17. The third-order valence-corrected chi connectivity index (χ3v) is 4.55. The molecule has 6 heteroatoms. The van der Waals surface area contributed by atoms with Crippen LogP contribution in [0.5, 0.6) is 5.75 Å². The number of ether oxygens (including phenoxy) is 1. The highest BCUT2D eigenvalue weighted by molar-refractivity contribution is 7.80. The smallest absolute Gasteiger partial charge is 0.281 e. The minimum atomic E-state index is -0.215. The SMILES string of the molecule is CCOc1ccccc1N1C(=O)/C(=C\c2ccnc3ccccc23)NC1=S. The molecule has 0 spiro atoms. The standard InChI is InChI=1S/C21H17N3O2S/c1-2-26-19-10-6-5-9-18(19)24-20(25)17(23-21(24)27)13-14-11-12-22-16-8-4-3-7-15(14)16/h3-13H,2H2,1H3,(H,23,27)/b17-13+. The summed E-state index contributed by atoms with van der Waals surface area (Å²) in [5.74, 6) is 0.404. The lowest BCUT2D eigenvalue weighted by atomic mass is 10.1. The van der Waals surface area contributed by atoms with Crippen molar-refractivity contribution in [3.05, 3.63) is 72.1 Å². The lowest BCUT2D eigenvalue weighted by Crippen LogP contribution is -2.30. The van der Waals surface area contributed by atoms with Crippen molar-refractivity contribution in [2.75, 3.05) is 11.5 Å². The van der Waals surface area contributed by atoms with Crippen LogP contribution < -0.4 is 15.0 Å². The molecule has 0 atom stereocenters. The van der Waals surface area contributed by atoms with Gasteiger partial charge in [0.1, 0.15) is 11.4 Å². The summed E-state index contributed by atoms with van der Waals surface area (Å²) in [4.78, 5) is 18.9. The van der Waals surface area contributed by atoms with Crippen LogP contribution in [0.4, 0.5) is 5.69 Å². The first-order chi connectivity index (χ1) is 13.2. The molecule has 27 heavy (non-hydrogen) atoms. The molecule has 0 radical (unpaired) electrons. The van der Waals surface area contributed by atoms with E-state index in [9.17, 15) is 4.79 Å². The Balaban J connectivity index is 1.74. The third kappa shape index (κ3) is 3.15. The van der Waals surface area contributed by atoms with E-state index in [4.69, 9.17) is 17.0 Å². The van der Waals surface area contributed by atoms with Crippen molar-refractivity contribution in [2.45, 2.75) is 6.92 Å². The van der Waals surface area contributed by atoms with Gasteiger partial charge in [-0.2, -0.15) is 0 Å². The largest absolute Gasteiger partial charge is 0.492 e. The van der Waals surface area contributed by atoms with Gasteiger partial charge in [-0.25, -0.2) is 4.90 Å². The van der Waals surface area contributed by atoms with Crippen LogP contribution in [0.25, 0.3) is 17.0 Å². The maximum atomic E-state index is 13.0. The van der Waals surface area contributed by atoms with Crippen LogP contribution in [-0.2, 0) is 4.79 Å². The third-order valence-electron chi connectivity index (χ3n) is 4.27. The number of thiocarbonyl (C=S) groups is 1. The van der Waals surface area contributed by atoms with Gasteiger partial charge in [0.15, 0.2) is 5.11 Å². The van der Waals surface area contributed by atoms with Gasteiger partial charge in [-0.1, -0.05) is 30.3 Å². The van der Waals surface area contributed by atoms with Gasteiger partial charge in [-0.05, 0) is 55.0 Å². The quantitative estimate of drug-likeness (QED) is 0.554. The number of nitrogens with one attached hydrogen (secondary N) is 1. The van der Waals surface area contributed by atoms with Gasteiger partial charge in [0.05, 0.1) is 17.8 Å². The van der Waals surface area contributed by atoms with Gasteiger partial charge < -0.3 is 10.1 Å². The second-order valence-electron chi connectivity index (χ2n) is 5.95. The highest BCUT2D eigenvalue weighted by Crippen LogP contribution is 2.32. The normalized spacial score (nSPS) is 15.4. The van der Waals surface area contributed by atoms with E-state index in [1.165, 1.54) is 4.90 Å². The van der Waals surface area contributed by atoms with Crippen LogP contribution in [0.2, 0.25) is 0 Å². The summed E-state index contributed by atoms with van der Waals surface area (Å²) in [7, 11) is 0. The molecule has 5 nitrogen and oxygen atoms in total. The Morgan fingerprint density at radius 1 is 1.15 bits per heavy atom. The number of pyridine rings is 1. The lowest BCUT2D eigenvalue weighted by molar-refractivity contribution is -0.113. The Morgan fingerprint density at radius 2 is 1.93 bits per heavy atom. The average molecular weight is 375 g/mol. The molecule has 1 aromatic heterocycles. The van der Waals surface area contributed by atoms with Crippen LogP contribution in [-0.4, -0.2) is 22.6 Å². The van der Waals surface area contributed by atoms with E-state index in [0.29, 0.717) is 28.9 Å². The zero-order valence-corrected chi connectivity index (χ0v) is 15.5. The Kier molecular flexibility index (Phi) is 4.56. The lowest BCUT2D eigenvalue weighted by Gasteiger charge is -2.17. The predicted octanol–water partition coefficient (Wildman–Crippen LogP) is 3.90. The number of hydrogen-bond acceptors (Lipinski definition) is 4. The summed E-state index contributed by atoms with van der Waals surface area (Å²) >= 11 is 5.42. The molecular formula is C21H17N3O2S. The average Bonchev–Trinajstić information content (AvgIpc) is 2.96. The number of fused-ring (bicyclic) bond motifs is 1. The van der Waals surface area contributed by atoms with Crippen molar-refractivity contribution < 1.29 is 9.53 Å². The van der Waals surface area contributed by atoms with Crippen LogP contribution in [0.1, 0.15) is 12.5 Å². The van der Waals surface area contributed by atoms with Crippen molar-refractivity contribution in [3.8, 4) is 5.75 Å². The number of carbonyl (C=O) groups excluding carboxylic acids is 1. The highest BCUT2D eigenvalue weighted by Gasteiger charge is 2.33. The van der Waals surface area contributed by atoms with Crippen molar-refractivity contribution in [1.29, 1.82) is 0 Å². The van der Waals surface area contributed by atoms with Gasteiger partial charge in [-0.3, -0.25) is 9.78 Å². The zero-order chi connectivity index (χ0) is 18.8. The summed E-state index contributed by atoms with van der Waals surface area (Å²) in [6.45, 7) is 2.41. The molecule has 0 bridgehead atoms. The Bertz CT molecular complexity index is 1070. The molecule has 1 aliphatic rings. The number of aromatic nitrogens is 1. The van der Waals surface area contributed by atoms with Crippen molar-refractivity contribution in [3.63, 3.8) is 0 Å². The topological polar surface area (TPSA) is 54.5 Å². The van der Waals surface area contributed by atoms with E-state index < -0.39 is 0 Å². The Hall–Kier alpha value is -3.25. The first kappa shape index (κ1) is 17.2. The molecule has 1 amide bonds. The molecule has 2 aromatic carbocycles. The molecule has 2 heterocycles. The molecule has 4 rings (SSSR count). The van der Waals surface area contributed by atoms with Crippen molar-refractivity contribution >= 4 is 45.9 Å². The summed E-state index contributed by atoms with van der Waals surface area (Å²) in [5, 5.41) is 4.33. The Morgan fingerprint density at radius 3 is 2.78 bits per heavy atom. The number of carbonyl (C=O) groups is 1. The number of hydrogen-bond donors (Lipinski definition) is 1. The minimum Gasteiger partial charge on any atom is -0.492 e. The predicted molar refractivity (Wildman–Crippen MR) is 111 cm³/mol. The van der Waals surface area contributed by atoms with Crippen molar-refractivity contribution in [2.24, 2.45) is 0 Å². The van der Waals surface area contributed by atoms with Gasteiger partial charge >= 0.3 is 0 Å². The molecule has 1 aliphatic heterocycles. The van der Waals surface area contributed by atoms with E-state index in [1.807, 2.05) is 67.6 Å². The number of para-hydroxylation sites is 3. The van der Waals surface area contributed by atoms with Crippen LogP contribution >= 0.6 is 12.2 Å². The van der Waals surface area contributed by atoms with E-state index in [-0.39, 0.29) is 5.91 Å². The molecule has 134 valence electrons. The summed E-state index contributed by atoms with van der Waals surface area (Å²) in [6.07, 6.45) is 3.54. The van der Waals surface area contributed by atoms with Crippen molar-refractivity contribution in [1.82, 2.24) is 10.3 Å². The number of amides is 1. The summed E-state index contributed by atoms with van der Waals surface area (Å²) < 4.78 is 5.65. The summed E-state index contributed by atoms with van der Waals surface area (Å²) in [6, 6.07) is 17.1. The molecule has 0 unspecified atom stereocenters. The fourth-order valence-corrected chi connectivity index (χ4v) is 3.36. The van der Waals surface area contributed by atoms with E-state index in [2.05, 4.69) is 10.3 Å². The fourth-order valence-electron chi connectivity index (χ4n) is 3.07. The molecule has 1 saturated heterocycles. The molecule has 1 N–H and O–H groups in total. The maximum absolute atomic E-state index is 13.0. The number of nitrogens with zero attached hydrogens (tertiary/aromatic N) is 2. The monoisotopic (exact) mass is 375 g/mol. The first-order valence-corrected chi connectivity index (χ1v) is 9.02. The first-order valence-electron chi connectivity index (χ1n) is 8.61. The van der Waals surface area contributed by atoms with Gasteiger partial charge in [0.2, 0.25) is 0 Å². The molecule has 1 fully saturated rings. The molecule has 0 saturated carbocycles. The van der Waals surface area contributed by atoms with E-state index >= 15 is 0 Å². The van der Waals surface area contributed by atoms with Gasteiger partial charge in [-0.15, -0.1) is 0 Å². The highest BCUT2D eigenvalue weighted by atomic mass is 32.1. The number of anilines is 1. The Labute approximate surface area is 162 Å². The molecular weight excluding hydrogens is 358 g/mol. The number of rotatable bonds is 4. The van der Waals surface area contributed by atoms with Crippen LogP contribution in [0.15, 0.2) is 66.5 Å².